The Hall–Kier alpha value is -0.120. The Morgan fingerprint density at radius 1 is 1.12 bits per heavy atom. The minimum atomic E-state index is 0.623. The van der Waals surface area contributed by atoms with Crippen LogP contribution in [-0.2, 0) is 4.74 Å². The Labute approximate surface area is 105 Å². The van der Waals surface area contributed by atoms with Gasteiger partial charge in [0.1, 0.15) is 0 Å². The maximum Gasteiger partial charge on any atom is 0.0618 e. The largest absolute Gasteiger partial charge is 0.383 e. The van der Waals surface area contributed by atoms with Crippen LogP contribution in [0.15, 0.2) is 0 Å². The van der Waals surface area contributed by atoms with Crippen molar-refractivity contribution in [1.82, 2.24) is 10.2 Å². The maximum absolute atomic E-state index is 5.34. The quantitative estimate of drug-likeness (QED) is 0.761. The molecule has 1 aliphatic heterocycles. The van der Waals surface area contributed by atoms with Crippen LogP contribution < -0.4 is 5.32 Å². The summed E-state index contributed by atoms with van der Waals surface area (Å²) in [5.41, 5.74) is 0. The number of nitrogens with zero attached hydrogens (tertiary/aromatic N) is 1. The second-order valence-electron chi connectivity index (χ2n) is 6.11. The minimum Gasteiger partial charge on any atom is -0.383 e. The lowest BCUT2D eigenvalue weighted by atomic mass is 10.0. The van der Waals surface area contributed by atoms with Crippen LogP contribution in [0.25, 0.3) is 0 Å². The predicted octanol–water partition coefficient (Wildman–Crippen LogP) is 1.63. The molecule has 2 saturated carbocycles. The van der Waals surface area contributed by atoms with Gasteiger partial charge in [0, 0.05) is 25.2 Å². The van der Waals surface area contributed by atoms with Crippen LogP contribution in [0.1, 0.15) is 38.5 Å². The van der Waals surface area contributed by atoms with Crippen LogP contribution >= 0.6 is 0 Å². The molecule has 17 heavy (non-hydrogen) atoms. The molecule has 3 fully saturated rings. The lowest BCUT2D eigenvalue weighted by molar-refractivity contribution is 0.131. The van der Waals surface area contributed by atoms with E-state index in [4.69, 9.17) is 4.74 Å². The molecule has 0 bridgehead atoms. The smallest absolute Gasteiger partial charge is 0.0618 e. The molecule has 2 aliphatic carbocycles. The first-order valence-electron chi connectivity index (χ1n) is 7.36. The summed E-state index contributed by atoms with van der Waals surface area (Å²) in [6.07, 6.45) is 8.38. The van der Waals surface area contributed by atoms with Gasteiger partial charge in [-0.25, -0.2) is 0 Å². The van der Waals surface area contributed by atoms with E-state index in [0.717, 1.165) is 24.6 Å². The Morgan fingerprint density at radius 3 is 2.35 bits per heavy atom. The molecule has 0 aromatic rings. The normalized spacial score (nSPS) is 29.5. The first-order chi connectivity index (χ1) is 8.36. The Morgan fingerprint density at radius 2 is 1.82 bits per heavy atom. The third-order valence-corrected chi connectivity index (χ3v) is 4.58. The monoisotopic (exact) mass is 238 g/mol. The zero-order valence-electron chi connectivity index (χ0n) is 11.0. The molecule has 1 heterocycles. The van der Waals surface area contributed by atoms with Crippen molar-refractivity contribution in [2.24, 2.45) is 5.92 Å². The van der Waals surface area contributed by atoms with Gasteiger partial charge in [-0.3, -0.25) is 0 Å². The molecule has 3 rings (SSSR count). The molecule has 1 saturated heterocycles. The van der Waals surface area contributed by atoms with Crippen LogP contribution in [0, 0.1) is 5.92 Å². The number of methoxy groups -OCH3 is 1. The number of likely N-dealkylation sites (tertiary alicyclic amines) is 1. The van der Waals surface area contributed by atoms with E-state index in [1.165, 1.54) is 51.6 Å². The highest BCUT2D eigenvalue weighted by Crippen LogP contribution is 2.34. The third-order valence-electron chi connectivity index (χ3n) is 4.58. The van der Waals surface area contributed by atoms with Crippen molar-refractivity contribution in [2.45, 2.75) is 56.7 Å². The maximum atomic E-state index is 5.34. The second-order valence-corrected chi connectivity index (χ2v) is 6.11. The number of hydrogen-bond acceptors (Lipinski definition) is 3. The predicted molar refractivity (Wildman–Crippen MR) is 69.1 cm³/mol. The van der Waals surface area contributed by atoms with Crippen molar-refractivity contribution < 1.29 is 4.74 Å². The average Bonchev–Trinajstić information content (AvgIpc) is 3.19. The summed E-state index contributed by atoms with van der Waals surface area (Å²) in [5, 5.41) is 3.85. The molecule has 1 N–H and O–H groups in total. The molecule has 3 nitrogen and oxygen atoms in total. The third kappa shape index (κ3) is 3.21. The standard InChI is InChI=1S/C14H26N2O/c1-17-10-14(11-2-3-11)15-12-6-8-16(9-7-12)13-4-5-13/h11-15H,2-10H2,1H3. The summed E-state index contributed by atoms with van der Waals surface area (Å²) in [7, 11) is 1.83. The molecule has 0 aromatic heterocycles. The molecule has 98 valence electrons. The minimum absolute atomic E-state index is 0.623. The van der Waals surface area contributed by atoms with Gasteiger partial charge < -0.3 is 15.0 Å². The van der Waals surface area contributed by atoms with Gasteiger partial charge in [0.2, 0.25) is 0 Å². The van der Waals surface area contributed by atoms with E-state index in [9.17, 15) is 0 Å². The molecule has 3 heteroatoms. The van der Waals surface area contributed by atoms with Gasteiger partial charge in [-0.2, -0.15) is 0 Å². The number of piperidine rings is 1. The van der Waals surface area contributed by atoms with Gasteiger partial charge in [0.15, 0.2) is 0 Å². The summed E-state index contributed by atoms with van der Waals surface area (Å²) < 4.78 is 5.34. The van der Waals surface area contributed by atoms with Crippen LogP contribution in [0.5, 0.6) is 0 Å². The fraction of sp³-hybridized carbons (Fsp3) is 1.00. The summed E-state index contributed by atoms with van der Waals surface area (Å²) in [6, 6.07) is 2.32. The summed E-state index contributed by atoms with van der Waals surface area (Å²) in [6.45, 7) is 3.52. The lowest BCUT2D eigenvalue weighted by Gasteiger charge is -2.34. The van der Waals surface area contributed by atoms with E-state index in [2.05, 4.69) is 10.2 Å². The second kappa shape index (κ2) is 5.25. The Bertz CT molecular complexity index is 243. The fourth-order valence-corrected chi connectivity index (χ4v) is 3.17. The van der Waals surface area contributed by atoms with Crippen molar-refractivity contribution in [2.75, 3.05) is 26.8 Å². The molecular weight excluding hydrogens is 212 g/mol. The molecule has 1 atom stereocenters. The van der Waals surface area contributed by atoms with Crippen LogP contribution in [0.2, 0.25) is 0 Å². The number of nitrogens with one attached hydrogen (secondary N) is 1. The van der Waals surface area contributed by atoms with E-state index >= 15 is 0 Å². The van der Waals surface area contributed by atoms with Crippen LogP contribution in [-0.4, -0.2) is 49.8 Å². The van der Waals surface area contributed by atoms with Crippen molar-refractivity contribution in [3.8, 4) is 0 Å². The fourth-order valence-electron chi connectivity index (χ4n) is 3.17. The van der Waals surface area contributed by atoms with E-state index < -0.39 is 0 Å². The van der Waals surface area contributed by atoms with Crippen molar-refractivity contribution in [1.29, 1.82) is 0 Å². The van der Waals surface area contributed by atoms with E-state index in [-0.39, 0.29) is 0 Å². The summed E-state index contributed by atoms with van der Waals surface area (Å²) >= 11 is 0. The summed E-state index contributed by atoms with van der Waals surface area (Å²) in [4.78, 5) is 2.70. The highest BCUT2D eigenvalue weighted by molar-refractivity contribution is 4.92. The average molecular weight is 238 g/mol. The topological polar surface area (TPSA) is 24.5 Å². The number of hydrogen-bond donors (Lipinski definition) is 1. The number of rotatable bonds is 6. The highest BCUT2D eigenvalue weighted by Gasteiger charge is 2.35. The SMILES string of the molecule is COCC(NC1CCN(C2CC2)CC1)C1CC1. The first kappa shape index (κ1) is 11.9. The zero-order valence-corrected chi connectivity index (χ0v) is 11.0. The summed E-state index contributed by atoms with van der Waals surface area (Å²) in [5.74, 6) is 0.899. The van der Waals surface area contributed by atoms with Gasteiger partial charge in [-0.15, -0.1) is 0 Å². The van der Waals surface area contributed by atoms with Crippen molar-refractivity contribution >= 4 is 0 Å². The van der Waals surface area contributed by atoms with Gasteiger partial charge in [0.25, 0.3) is 0 Å². The van der Waals surface area contributed by atoms with Gasteiger partial charge >= 0.3 is 0 Å². The number of ether oxygens (including phenoxy) is 1. The molecule has 0 spiro atoms. The van der Waals surface area contributed by atoms with Crippen LogP contribution in [0.4, 0.5) is 0 Å². The Kier molecular flexibility index (Phi) is 3.69. The van der Waals surface area contributed by atoms with Gasteiger partial charge in [-0.05, 0) is 57.5 Å². The molecule has 0 amide bonds. The molecule has 3 aliphatic rings. The van der Waals surface area contributed by atoms with Crippen molar-refractivity contribution in [3.05, 3.63) is 0 Å². The molecule has 0 radical (unpaired) electrons. The molecule has 0 aromatic carbocycles. The first-order valence-corrected chi connectivity index (χ1v) is 7.36. The Balaban J connectivity index is 1.42. The van der Waals surface area contributed by atoms with E-state index in [1.807, 2.05) is 7.11 Å². The zero-order chi connectivity index (χ0) is 11.7. The van der Waals surface area contributed by atoms with Gasteiger partial charge in [0.05, 0.1) is 6.61 Å². The van der Waals surface area contributed by atoms with E-state index in [1.54, 1.807) is 0 Å². The van der Waals surface area contributed by atoms with Crippen molar-refractivity contribution in [3.63, 3.8) is 0 Å². The highest BCUT2D eigenvalue weighted by atomic mass is 16.5. The van der Waals surface area contributed by atoms with E-state index in [0.29, 0.717) is 6.04 Å². The molecular formula is C14H26N2O. The van der Waals surface area contributed by atoms with Crippen LogP contribution in [0.3, 0.4) is 0 Å². The lowest BCUT2D eigenvalue weighted by Crippen LogP contribution is -2.48. The van der Waals surface area contributed by atoms with Gasteiger partial charge in [-0.1, -0.05) is 0 Å². The molecule has 1 unspecified atom stereocenters.